The SMILES string of the molecule is C=CCc1cc(CCC(=O)OCC(CSC)[C@@](COC(=O)CCc2cc(CC=C)c(O)c(CC=C)c2)(C(=O)O)N(COC(=O)CCc2cc(CC=C)c(O)c(CC=C)c2)COC(=O)CCc2cc(CC=C)c(O)c(CC=C)c2)cc(CC=C)c1O. The van der Waals surface area contributed by atoms with Crippen LogP contribution in [0, 0.1) is 5.92 Å². The number of ether oxygens (including phenoxy) is 4. The predicted molar refractivity (Wildman–Crippen MR) is 335 cm³/mol. The second-order valence-corrected chi connectivity index (χ2v) is 21.5. The highest BCUT2D eigenvalue weighted by Gasteiger charge is 2.53. The van der Waals surface area contributed by atoms with Crippen molar-refractivity contribution >= 4 is 41.6 Å². The third kappa shape index (κ3) is 20.5. The molecule has 0 spiro atoms. The molecular formula is C69H83NO14S. The Bertz CT molecular complexity index is 2850. The topological polar surface area (TPSA) is 227 Å². The summed E-state index contributed by atoms with van der Waals surface area (Å²) in [6.45, 7) is 27.3. The number of carboxylic acid groups (broad SMARTS) is 1. The summed E-state index contributed by atoms with van der Waals surface area (Å²) < 4.78 is 23.6. The quantitative estimate of drug-likeness (QED) is 0.0120. The molecule has 0 fully saturated rings. The average Bonchev–Trinajstić information content (AvgIpc) is 3.68. The Morgan fingerprint density at radius 3 is 0.929 bits per heavy atom. The number of carbonyl (C=O) groups is 5. The molecule has 0 heterocycles. The number of hydrogen-bond acceptors (Lipinski definition) is 15. The van der Waals surface area contributed by atoms with Gasteiger partial charge in [0.1, 0.15) is 43.1 Å². The number of rotatable bonds is 41. The van der Waals surface area contributed by atoms with Crippen molar-refractivity contribution in [1.82, 2.24) is 4.90 Å². The minimum absolute atomic E-state index is 0.0309. The monoisotopic (exact) mass is 1180 g/mol. The fourth-order valence-corrected chi connectivity index (χ4v) is 10.8. The Morgan fingerprint density at radius 1 is 0.447 bits per heavy atom. The van der Waals surface area contributed by atoms with E-state index in [1.54, 1.807) is 103 Å². The molecule has 0 bridgehead atoms. The number of esters is 4. The number of thioether (sulfide) groups is 1. The van der Waals surface area contributed by atoms with Crippen LogP contribution in [0.15, 0.2) is 150 Å². The highest BCUT2D eigenvalue weighted by atomic mass is 32.2. The molecule has 4 aromatic carbocycles. The first-order valence-electron chi connectivity index (χ1n) is 28.2. The van der Waals surface area contributed by atoms with Crippen LogP contribution >= 0.6 is 11.8 Å². The van der Waals surface area contributed by atoms with E-state index in [1.165, 1.54) is 11.8 Å². The van der Waals surface area contributed by atoms with E-state index in [-0.39, 0.29) is 80.1 Å². The van der Waals surface area contributed by atoms with Gasteiger partial charge in [0.25, 0.3) is 0 Å². The Morgan fingerprint density at radius 2 is 0.694 bits per heavy atom. The van der Waals surface area contributed by atoms with Crippen LogP contribution in [0.2, 0.25) is 0 Å². The van der Waals surface area contributed by atoms with E-state index >= 15 is 0 Å². The zero-order chi connectivity index (χ0) is 62.5. The van der Waals surface area contributed by atoms with E-state index in [1.807, 2.05) is 0 Å². The van der Waals surface area contributed by atoms with Gasteiger partial charge in [-0.2, -0.15) is 11.8 Å². The van der Waals surface area contributed by atoms with Crippen molar-refractivity contribution in [1.29, 1.82) is 0 Å². The lowest BCUT2D eigenvalue weighted by molar-refractivity contribution is -0.193. The molecule has 0 saturated heterocycles. The van der Waals surface area contributed by atoms with E-state index in [2.05, 4.69) is 52.6 Å². The van der Waals surface area contributed by atoms with Gasteiger partial charge in [-0.05, 0) is 150 Å². The number of hydrogen-bond donors (Lipinski definition) is 5. The molecule has 16 heteroatoms. The van der Waals surface area contributed by atoms with Crippen LogP contribution in [0.4, 0.5) is 0 Å². The van der Waals surface area contributed by atoms with Crippen molar-refractivity contribution in [3.63, 3.8) is 0 Å². The molecule has 0 aromatic heterocycles. The minimum Gasteiger partial charge on any atom is -0.507 e. The van der Waals surface area contributed by atoms with Crippen LogP contribution in [0.25, 0.3) is 0 Å². The molecular weight excluding hydrogens is 1100 g/mol. The van der Waals surface area contributed by atoms with Crippen LogP contribution in [-0.4, -0.2) is 105 Å². The van der Waals surface area contributed by atoms with Gasteiger partial charge >= 0.3 is 29.8 Å². The van der Waals surface area contributed by atoms with Crippen molar-refractivity contribution in [2.24, 2.45) is 5.92 Å². The summed E-state index contributed by atoms with van der Waals surface area (Å²) in [6.07, 6.45) is 17.5. The highest BCUT2D eigenvalue weighted by molar-refractivity contribution is 7.98. The summed E-state index contributed by atoms with van der Waals surface area (Å²) in [6, 6.07) is 14.1. The molecule has 0 aliphatic rings. The molecule has 4 rings (SSSR count). The van der Waals surface area contributed by atoms with Gasteiger partial charge in [0.15, 0.2) is 5.54 Å². The number of phenolic OH excluding ortho intramolecular Hbond substituents is 4. The van der Waals surface area contributed by atoms with Crippen LogP contribution in [-0.2, 0) is 120 Å². The van der Waals surface area contributed by atoms with Crippen molar-refractivity contribution in [3.8, 4) is 23.0 Å². The van der Waals surface area contributed by atoms with Crippen LogP contribution in [0.1, 0.15) is 92.4 Å². The van der Waals surface area contributed by atoms with E-state index in [9.17, 15) is 49.5 Å². The first-order valence-corrected chi connectivity index (χ1v) is 29.6. The van der Waals surface area contributed by atoms with Crippen molar-refractivity contribution in [3.05, 3.63) is 217 Å². The van der Waals surface area contributed by atoms with Gasteiger partial charge in [0, 0.05) is 37.4 Å². The minimum atomic E-state index is -2.42. The molecule has 15 nitrogen and oxygen atoms in total. The Balaban J connectivity index is 1.78. The fraction of sp³-hybridized carbons (Fsp3) is 0.348. The third-order valence-corrected chi connectivity index (χ3v) is 15.1. The highest BCUT2D eigenvalue weighted by Crippen LogP contribution is 2.34. The van der Waals surface area contributed by atoms with Gasteiger partial charge in [-0.15, -0.1) is 52.6 Å². The summed E-state index contributed by atoms with van der Waals surface area (Å²) in [5.74, 6) is -5.54. The van der Waals surface area contributed by atoms with Gasteiger partial charge < -0.3 is 44.5 Å². The molecule has 0 amide bonds. The number of nitrogens with zero attached hydrogens (tertiary/aromatic N) is 1. The first-order chi connectivity index (χ1) is 40.9. The number of aromatic hydroxyl groups is 4. The summed E-state index contributed by atoms with van der Waals surface area (Å²) in [5, 5.41) is 55.3. The number of aryl methyl sites for hydroxylation is 4. The maximum Gasteiger partial charge on any atom is 0.328 e. The number of benzene rings is 4. The number of phenols is 4. The third-order valence-electron chi connectivity index (χ3n) is 14.3. The van der Waals surface area contributed by atoms with E-state index in [4.69, 9.17) is 18.9 Å². The standard InChI is InChI=1S/C69H83NO14S/c1-10-18-51-34-47(35-52(19-11-2)64(51)75)26-30-60(71)81-42-59(43-85-9)69(68(79)80,44-82-61(72)31-27-48-36-53(20-12-3)65(76)54(37-48)21-13-4)70(45-83-62(73)32-28-49-38-55(22-14-5)66(77)56(39-49)23-15-6)46-84-63(74)33-29-50-40-57(24-16-7)67(78)58(41-50)25-17-8/h10-17,34-41,59,75-78H,1-8,18-33,42-46H2,9H3,(H,79,80)/t59?,69-/m0/s1. The summed E-state index contributed by atoms with van der Waals surface area (Å²) in [4.78, 5) is 71.2. The molecule has 2 atom stereocenters. The Hall–Kier alpha value is -8.34. The number of carbonyl (C=O) groups excluding carboxylic acids is 4. The largest absolute Gasteiger partial charge is 0.507 e. The Labute approximate surface area is 505 Å². The van der Waals surface area contributed by atoms with Gasteiger partial charge in [-0.1, -0.05) is 97.1 Å². The molecule has 0 aliphatic heterocycles. The molecule has 5 N–H and O–H groups in total. The maximum atomic E-state index is 14.5. The van der Waals surface area contributed by atoms with Gasteiger partial charge in [-0.3, -0.25) is 24.0 Å². The summed E-state index contributed by atoms with van der Waals surface area (Å²) >= 11 is 1.21. The van der Waals surface area contributed by atoms with Crippen LogP contribution in [0.5, 0.6) is 23.0 Å². The van der Waals surface area contributed by atoms with Crippen LogP contribution in [0.3, 0.4) is 0 Å². The average molecular weight is 1180 g/mol. The molecule has 454 valence electrons. The molecule has 0 saturated carbocycles. The normalized spacial score (nSPS) is 12.0. The lowest BCUT2D eigenvalue weighted by atomic mass is 9.84. The first kappa shape index (κ1) is 69.2. The lowest BCUT2D eigenvalue weighted by Gasteiger charge is -2.43. The molecule has 4 aromatic rings. The van der Waals surface area contributed by atoms with Crippen molar-refractivity contribution in [2.75, 3.05) is 38.7 Å². The summed E-state index contributed by atoms with van der Waals surface area (Å²) in [5.41, 5.74) is 5.19. The molecule has 0 aliphatic carbocycles. The van der Waals surface area contributed by atoms with E-state index in [0.29, 0.717) is 113 Å². The van der Waals surface area contributed by atoms with Gasteiger partial charge in [0.05, 0.1) is 6.61 Å². The summed E-state index contributed by atoms with van der Waals surface area (Å²) in [7, 11) is 0. The van der Waals surface area contributed by atoms with Gasteiger partial charge in [0.2, 0.25) is 0 Å². The molecule has 85 heavy (non-hydrogen) atoms. The maximum absolute atomic E-state index is 14.5. The van der Waals surface area contributed by atoms with Crippen molar-refractivity contribution in [2.45, 2.75) is 108 Å². The second-order valence-electron chi connectivity index (χ2n) is 20.5. The van der Waals surface area contributed by atoms with Crippen LogP contribution < -0.4 is 0 Å². The smallest absolute Gasteiger partial charge is 0.328 e. The van der Waals surface area contributed by atoms with E-state index < -0.39 is 68.0 Å². The molecule has 0 radical (unpaired) electrons. The van der Waals surface area contributed by atoms with Gasteiger partial charge in [-0.25, -0.2) is 4.90 Å². The molecule has 1 unspecified atom stereocenters. The van der Waals surface area contributed by atoms with E-state index in [0.717, 1.165) is 10.5 Å². The number of carboxylic acids is 1. The zero-order valence-corrected chi connectivity index (χ0v) is 49.9. The predicted octanol–water partition coefficient (Wildman–Crippen LogP) is 11.4. The second kappa shape index (κ2) is 35.7. The number of allylic oxidation sites excluding steroid dienone is 8. The zero-order valence-electron chi connectivity index (χ0n) is 49.1. The van der Waals surface area contributed by atoms with Crippen molar-refractivity contribution < 1.29 is 68.5 Å². The number of aliphatic carboxylic acids is 1. The lowest BCUT2D eigenvalue weighted by Crippen LogP contribution is -2.65. The fourth-order valence-electron chi connectivity index (χ4n) is 9.98. The Kier molecular flexibility index (Phi) is 29.1.